The normalized spacial score (nSPS) is 13.4. The molecule has 0 heterocycles. The fourth-order valence-corrected chi connectivity index (χ4v) is 1.86. The quantitative estimate of drug-likeness (QED) is 0.843. The Bertz CT molecular complexity index is 475. The van der Waals surface area contributed by atoms with Crippen LogP contribution in [0.2, 0.25) is 5.02 Å². The highest BCUT2D eigenvalue weighted by Gasteiger charge is 2.40. The lowest BCUT2D eigenvalue weighted by Crippen LogP contribution is -2.20. The number of hydrogen-bond acceptors (Lipinski definition) is 3. The van der Waals surface area contributed by atoms with Gasteiger partial charge in [-0.2, -0.15) is 13.2 Å². The maximum Gasteiger partial charge on any atom is 0.418 e. The Labute approximate surface area is 126 Å². The average molecular weight is 327 g/mol. The van der Waals surface area contributed by atoms with Crippen LogP contribution in [0.4, 0.5) is 13.2 Å². The van der Waals surface area contributed by atoms with Crippen LogP contribution < -0.4 is 9.47 Å². The Morgan fingerprint density at radius 2 is 1.86 bits per heavy atom. The second-order valence-electron chi connectivity index (χ2n) is 4.91. The summed E-state index contributed by atoms with van der Waals surface area (Å²) >= 11 is 5.96. The van der Waals surface area contributed by atoms with Gasteiger partial charge in [0.05, 0.1) is 18.2 Å². The molecule has 1 N–H and O–H groups in total. The van der Waals surface area contributed by atoms with Gasteiger partial charge < -0.3 is 14.6 Å². The van der Waals surface area contributed by atoms with E-state index in [1.807, 2.05) is 13.8 Å². The van der Waals surface area contributed by atoms with Crippen molar-refractivity contribution in [2.24, 2.45) is 5.92 Å². The van der Waals surface area contributed by atoms with Crippen LogP contribution in [0.25, 0.3) is 0 Å². The zero-order valence-corrected chi connectivity index (χ0v) is 12.8. The maximum atomic E-state index is 12.6. The van der Waals surface area contributed by atoms with Gasteiger partial charge in [0.2, 0.25) is 0 Å². The number of hydrogen-bond donors (Lipinski definition) is 1. The van der Waals surface area contributed by atoms with E-state index < -0.39 is 12.3 Å². The molecule has 120 valence electrons. The highest BCUT2D eigenvalue weighted by molar-refractivity contribution is 6.32. The van der Waals surface area contributed by atoms with Crippen LogP contribution in [0.15, 0.2) is 12.1 Å². The van der Waals surface area contributed by atoms with Crippen molar-refractivity contribution in [3.63, 3.8) is 0 Å². The first-order valence-corrected chi connectivity index (χ1v) is 6.88. The summed E-state index contributed by atoms with van der Waals surface area (Å²) in [4.78, 5) is 0. The highest BCUT2D eigenvalue weighted by Crippen LogP contribution is 2.41. The van der Waals surface area contributed by atoms with Gasteiger partial charge in [0.1, 0.15) is 0 Å². The third-order valence-corrected chi connectivity index (χ3v) is 2.80. The average Bonchev–Trinajstić information content (AvgIpc) is 2.35. The monoisotopic (exact) mass is 326 g/mol. The molecule has 0 saturated heterocycles. The summed E-state index contributed by atoms with van der Waals surface area (Å²) in [5.74, 6) is 0.491. The van der Waals surface area contributed by atoms with Crippen molar-refractivity contribution in [3.8, 4) is 11.5 Å². The summed E-state index contributed by atoms with van der Waals surface area (Å²) in [5, 5.41) is 9.28. The van der Waals surface area contributed by atoms with Gasteiger partial charge in [-0.05, 0) is 30.5 Å². The summed E-state index contributed by atoms with van der Waals surface area (Å²) in [6, 6.07) is 2.14. The summed E-state index contributed by atoms with van der Waals surface area (Å²) in [5.41, 5.74) is -0.382. The molecule has 1 atom stereocenters. The van der Waals surface area contributed by atoms with E-state index in [-0.39, 0.29) is 34.6 Å². The first kappa shape index (κ1) is 17.9. The number of benzene rings is 1. The van der Waals surface area contributed by atoms with Gasteiger partial charge in [0, 0.05) is 0 Å². The van der Waals surface area contributed by atoms with E-state index in [1.165, 1.54) is 0 Å². The lowest BCUT2D eigenvalue weighted by molar-refractivity contribution is -0.206. The fourth-order valence-electron chi connectivity index (χ4n) is 1.59. The Morgan fingerprint density at radius 3 is 2.33 bits per heavy atom. The molecule has 21 heavy (non-hydrogen) atoms. The minimum absolute atomic E-state index is 0.0279. The van der Waals surface area contributed by atoms with Crippen molar-refractivity contribution in [2.45, 2.75) is 33.1 Å². The first-order chi connectivity index (χ1) is 9.66. The topological polar surface area (TPSA) is 38.7 Å². The molecule has 7 heteroatoms. The van der Waals surface area contributed by atoms with Crippen LogP contribution in [0.5, 0.6) is 11.5 Å². The van der Waals surface area contributed by atoms with E-state index in [0.29, 0.717) is 6.61 Å². The van der Waals surface area contributed by atoms with Crippen molar-refractivity contribution in [1.82, 2.24) is 0 Å². The molecule has 0 saturated carbocycles. The lowest BCUT2D eigenvalue weighted by Gasteiger charge is -2.19. The van der Waals surface area contributed by atoms with Crippen LogP contribution >= 0.6 is 11.6 Å². The van der Waals surface area contributed by atoms with Gasteiger partial charge in [-0.1, -0.05) is 25.4 Å². The highest BCUT2D eigenvalue weighted by atomic mass is 35.5. The van der Waals surface area contributed by atoms with E-state index in [4.69, 9.17) is 21.1 Å². The summed E-state index contributed by atoms with van der Waals surface area (Å²) in [6.45, 7) is 6.12. The molecule has 0 amide bonds. The van der Waals surface area contributed by atoms with Crippen LogP contribution in [-0.2, 0) is 0 Å². The third kappa shape index (κ3) is 4.97. The molecule has 1 aromatic carbocycles. The van der Waals surface area contributed by atoms with Crippen molar-refractivity contribution in [3.05, 3.63) is 22.7 Å². The lowest BCUT2D eigenvalue weighted by atomic mass is 10.1. The van der Waals surface area contributed by atoms with Crippen molar-refractivity contribution < 1.29 is 27.8 Å². The second-order valence-corrected chi connectivity index (χ2v) is 5.32. The fraction of sp³-hybridized carbons (Fsp3) is 0.571. The van der Waals surface area contributed by atoms with Gasteiger partial charge in [-0.25, -0.2) is 0 Å². The number of aliphatic hydroxyl groups is 1. The predicted octanol–water partition coefficient (Wildman–Crippen LogP) is 4.37. The molecule has 0 aliphatic rings. The molecule has 0 aliphatic carbocycles. The standard InChI is InChI=1S/C14H18ClF3O3/c1-4-20-11-6-9(13(19)14(16,17)18)5-10(15)12(11)21-7-8(2)3/h5-6,8,13,19H,4,7H2,1-3H3. The van der Waals surface area contributed by atoms with Crippen molar-refractivity contribution in [2.75, 3.05) is 13.2 Å². The van der Waals surface area contributed by atoms with E-state index >= 15 is 0 Å². The molecule has 0 spiro atoms. The number of halogens is 4. The summed E-state index contributed by atoms with van der Waals surface area (Å²) in [6.07, 6.45) is -7.39. The zero-order chi connectivity index (χ0) is 16.2. The Balaban J connectivity index is 3.17. The minimum Gasteiger partial charge on any atom is -0.490 e. The van der Waals surface area contributed by atoms with Crippen LogP contribution in [0, 0.1) is 5.92 Å². The third-order valence-electron chi connectivity index (χ3n) is 2.52. The molecule has 0 bridgehead atoms. The predicted molar refractivity (Wildman–Crippen MR) is 74.0 cm³/mol. The van der Waals surface area contributed by atoms with E-state index in [1.54, 1.807) is 6.92 Å². The molecule has 3 nitrogen and oxygen atoms in total. The molecular formula is C14H18ClF3O3. The minimum atomic E-state index is -4.77. The SMILES string of the molecule is CCOc1cc(C(O)C(F)(F)F)cc(Cl)c1OCC(C)C. The second kappa shape index (κ2) is 7.22. The molecule has 0 fully saturated rings. The van der Waals surface area contributed by atoms with E-state index in [9.17, 15) is 18.3 Å². The van der Waals surface area contributed by atoms with Gasteiger partial charge in [0.15, 0.2) is 17.6 Å². The Kier molecular flexibility index (Phi) is 6.16. The molecule has 0 aromatic heterocycles. The van der Waals surface area contributed by atoms with Gasteiger partial charge in [-0.3, -0.25) is 0 Å². The molecule has 0 radical (unpaired) electrons. The number of alkyl halides is 3. The smallest absolute Gasteiger partial charge is 0.418 e. The van der Waals surface area contributed by atoms with Gasteiger partial charge in [0.25, 0.3) is 0 Å². The molecule has 0 aliphatic heterocycles. The Hall–Kier alpha value is -1.14. The maximum absolute atomic E-state index is 12.6. The van der Waals surface area contributed by atoms with Crippen LogP contribution in [0.1, 0.15) is 32.4 Å². The molecule has 1 rings (SSSR count). The van der Waals surface area contributed by atoms with Gasteiger partial charge >= 0.3 is 6.18 Å². The Morgan fingerprint density at radius 1 is 1.24 bits per heavy atom. The van der Waals surface area contributed by atoms with E-state index in [2.05, 4.69) is 0 Å². The molecular weight excluding hydrogens is 309 g/mol. The first-order valence-electron chi connectivity index (χ1n) is 6.50. The van der Waals surface area contributed by atoms with Gasteiger partial charge in [-0.15, -0.1) is 0 Å². The van der Waals surface area contributed by atoms with E-state index in [0.717, 1.165) is 12.1 Å². The van der Waals surface area contributed by atoms with Crippen LogP contribution in [0.3, 0.4) is 0 Å². The molecule has 1 unspecified atom stereocenters. The van der Waals surface area contributed by atoms with Crippen molar-refractivity contribution in [1.29, 1.82) is 0 Å². The summed E-state index contributed by atoms with van der Waals surface area (Å²) in [7, 11) is 0. The number of ether oxygens (including phenoxy) is 2. The number of aliphatic hydroxyl groups excluding tert-OH is 1. The largest absolute Gasteiger partial charge is 0.490 e. The summed E-state index contributed by atoms with van der Waals surface area (Å²) < 4.78 is 48.5. The number of rotatable bonds is 6. The molecule has 1 aromatic rings. The van der Waals surface area contributed by atoms with Crippen LogP contribution in [-0.4, -0.2) is 24.5 Å². The van der Waals surface area contributed by atoms with Crippen molar-refractivity contribution >= 4 is 11.6 Å². The zero-order valence-electron chi connectivity index (χ0n) is 12.0.